The highest BCUT2D eigenvalue weighted by molar-refractivity contribution is 6.21. The maximum Gasteiger partial charge on any atom is 0.261 e. The first kappa shape index (κ1) is 21.3. The number of hydrogen-bond donors (Lipinski definition) is 1. The Bertz CT molecular complexity index is 1390. The van der Waals surface area contributed by atoms with Crippen molar-refractivity contribution in [2.45, 2.75) is 13.1 Å². The molecule has 0 saturated heterocycles. The quantitative estimate of drug-likeness (QED) is 0.454. The first-order valence-corrected chi connectivity index (χ1v) is 10.9. The molecule has 168 valence electrons. The van der Waals surface area contributed by atoms with E-state index in [9.17, 15) is 14.4 Å². The van der Waals surface area contributed by atoms with Gasteiger partial charge in [0.15, 0.2) is 0 Å². The van der Waals surface area contributed by atoms with Gasteiger partial charge in [0.05, 0.1) is 17.7 Å². The third-order valence-corrected chi connectivity index (χ3v) is 5.98. The highest BCUT2D eigenvalue weighted by atomic mass is 16.2. The third kappa shape index (κ3) is 3.99. The summed E-state index contributed by atoms with van der Waals surface area (Å²) in [6, 6.07) is 22.7. The van der Waals surface area contributed by atoms with Gasteiger partial charge in [-0.25, -0.2) is 0 Å². The Morgan fingerprint density at radius 2 is 1.65 bits per heavy atom. The molecule has 0 spiro atoms. The van der Waals surface area contributed by atoms with Crippen LogP contribution in [0.1, 0.15) is 42.2 Å². The molecular formula is C27H22N4O3. The predicted molar refractivity (Wildman–Crippen MR) is 127 cm³/mol. The zero-order chi connectivity index (χ0) is 23.7. The third-order valence-electron chi connectivity index (χ3n) is 5.98. The Morgan fingerprint density at radius 1 is 0.882 bits per heavy atom. The largest absolute Gasteiger partial charge is 0.348 e. The molecule has 0 bridgehead atoms. The Labute approximate surface area is 196 Å². The average Bonchev–Trinajstić information content (AvgIpc) is 3.46. The second-order valence-corrected chi connectivity index (χ2v) is 8.17. The van der Waals surface area contributed by atoms with Crippen molar-refractivity contribution in [2.75, 3.05) is 7.05 Å². The van der Waals surface area contributed by atoms with E-state index in [1.54, 1.807) is 12.3 Å². The van der Waals surface area contributed by atoms with Crippen LogP contribution in [0.25, 0.3) is 11.1 Å². The smallest absolute Gasteiger partial charge is 0.261 e. The zero-order valence-electron chi connectivity index (χ0n) is 18.6. The van der Waals surface area contributed by atoms with Gasteiger partial charge in [-0.05, 0) is 46.5 Å². The number of carbonyl (C=O) groups excluding carboxylic acids is 3. The van der Waals surface area contributed by atoms with Gasteiger partial charge in [0.1, 0.15) is 0 Å². The van der Waals surface area contributed by atoms with Crippen molar-refractivity contribution in [3.05, 3.63) is 113 Å². The van der Waals surface area contributed by atoms with Crippen LogP contribution < -0.4 is 5.32 Å². The van der Waals surface area contributed by atoms with Crippen LogP contribution in [0.15, 0.2) is 85.2 Å². The molecule has 0 radical (unpaired) electrons. The molecule has 5 rings (SSSR count). The average molecular weight is 450 g/mol. The molecule has 2 heterocycles. The monoisotopic (exact) mass is 450 g/mol. The maximum atomic E-state index is 12.8. The van der Waals surface area contributed by atoms with Crippen LogP contribution in [0.3, 0.4) is 0 Å². The van der Waals surface area contributed by atoms with Crippen LogP contribution in [0, 0.1) is 0 Å². The summed E-state index contributed by atoms with van der Waals surface area (Å²) in [4.78, 5) is 38.2. The van der Waals surface area contributed by atoms with E-state index >= 15 is 0 Å². The molecule has 1 aliphatic heterocycles. The second-order valence-electron chi connectivity index (χ2n) is 8.17. The van der Waals surface area contributed by atoms with Crippen molar-refractivity contribution >= 4 is 17.7 Å². The van der Waals surface area contributed by atoms with Crippen molar-refractivity contribution in [3.8, 4) is 11.1 Å². The van der Waals surface area contributed by atoms with Gasteiger partial charge in [-0.2, -0.15) is 5.10 Å². The van der Waals surface area contributed by atoms with E-state index in [4.69, 9.17) is 0 Å². The molecule has 4 aromatic rings. The Kier molecular flexibility index (Phi) is 5.51. The van der Waals surface area contributed by atoms with Crippen LogP contribution in [0.2, 0.25) is 0 Å². The van der Waals surface area contributed by atoms with E-state index in [1.807, 2.05) is 41.2 Å². The molecule has 1 N–H and O–H groups in total. The first-order chi connectivity index (χ1) is 16.5. The van der Waals surface area contributed by atoms with Crippen LogP contribution in [-0.4, -0.2) is 39.4 Å². The Hall–Kier alpha value is -4.52. The summed E-state index contributed by atoms with van der Waals surface area (Å²) >= 11 is 0. The van der Waals surface area contributed by atoms with Crippen molar-refractivity contribution in [1.29, 1.82) is 0 Å². The topological polar surface area (TPSA) is 84.3 Å². The highest BCUT2D eigenvalue weighted by Crippen LogP contribution is 2.25. The molecule has 7 nitrogen and oxygen atoms in total. The molecule has 0 unspecified atom stereocenters. The Morgan fingerprint density at radius 3 is 2.41 bits per heavy atom. The molecule has 34 heavy (non-hydrogen) atoms. The molecule has 0 fully saturated rings. The Balaban J connectivity index is 1.31. The van der Waals surface area contributed by atoms with Gasteiger partial charge in [0.25, 0.3) is 17.7 Å². The number of nitrogens with zero attached hydrogens (tertiary/aromatic N) is 3. The van der Waals surface area contributed by atoms with Gasteiger partial charge in [0.2, 0.25) is 0 Å². The van der Waals surface area contributed by atoms with Crippen molar-refractivity contribution in [2.24, 2.45) is 0 Å². The lowest BCUT2D eigenvalue weighted by molar-refractivity contribution is 0.0693. The SMILES string of the molecule is CN1C(=O)c2ccc(C(=O)NCc3ccccc3-c3ccc(Cn4cccn4)cc3)cc2C1=O. The van der Waals surface area contributed by atoms with Crippen LogP contribution in [-0.2, 0) is 13.1 Å². The lowest BCUT2D eigenvalue weighted by Crippen LogP contribution is -2.24. The summed E-state index contributed by atoms with van der Waals surface area (Å²) in [5.41, 5.74) is 5.14. The molecular weight excluding hydrogens is 428 g/mol. The van der Waals surface area contributed by atoms with E-state index in [1.165, 1.54) is 19.2 Å². The second kappa shape index (κ2) is 8.78. The first-order valence-electron chi connectivity index (χ1n) is 10.9. The van der Waals surface area contributed by atoms with Crippen molar-refractivity contribution in [1.82, 2.24) is 20.0 Å². The summed E-state index contributed by atoms with van der Waals surface area (Å²) in [5.74, 6) is -1.05. The number of rotatable bonds is 6. The molecule has 7 heteroatoms. The van der Waals surface area contributed by atoms with Gasteiger partial charge in [0, 0.05) is 31.5 Å². The van der Waals surface area contributed by atoms with E-state index in [0.717, 1.165) is 27.2 Å². The number of imide groups is 1. The molecule has 0 atom stereocenters. The van der Waals surface area contributed by atoms with E-state index in [0.29, 0.717) is 24.2 Å². The normalized spacial score (nSPS) is 12.7. The summed E-state index contributed by atoms with van der Waals surface area (Å²) in [6.45, 7) is 1.03. The minimum atomic E-state index is -0.393. The highest BCUT2D eigenvalue weighted by Gasteiger charge is 2.33. The number of amides is 3. The van der Waals surface area contributed by atoms with Crippen molar-refractivity contribution in [3.63, 3.8) is 0 Å². The standard InChI is InChI=1S/C27H22N4O3/c1-30-26(33)23-12-11-20(15-24(23)27(30)34)25(32)28-16-21-5-2-3-6-22(21)19-9-7-18(8-10-19)17-31-14-4-13-29-31/h2-15H,16-17H2,1H3,(H,28,32). The molecule has 0 saturated carbocycles. The molecule has 3 aromatic carbocycles. The molecule has 1 aromatic heterocycles. The van der Waals surface area contributed by atoms with Crippen LogP contribution in [0.4, 0.5) is 0 Å². The maximum absolute atomic E-state index is 12.8. The number of benzene rings is 3. The van der Waals surface area contributed by atoms with Gasteiger partial charge in [-0.15, -0.1) is 0 Å². The minimum absolute atomic E-state index is 0.260. The molecule has 0 aliphatic carbocycles. The number of hydrogen-bond acceptors (Lipinski definition) is 4. The minimum Gasteiger partial charge on any atom is -0.348 e. The number of carbonyl (C=O) groups is 3. The predicted octanol–water partition coefficient (Wildman–Crippen LogP) is 3.75. The lowest BCUT2D eigenvalue weighted by atomic mass is 9.98. The van der Waals surface area contributed by atoms with Gasteiger partial charge in [-0.1, -0.05) is 48.5 Å². The molecule has 1 aliphatic rings. The number of nitrogens with one attached hydrogen (secondary N) is 1. The van der Waals surface area contributed by atoms with Crippen LogP contribution >= 0.6 is 0 Å². The fourth-order valence-electron chi connectivity index (χ4n) is 4.11. The number of fused-ring (bicyclic) bond motifs is 1. The summed E-state index contributed by atoms with van der Waals surface area (Å²) in [6.07, 6.45) is 3.69. The van der Waals surface area contributed by atoms with Gasteiger partial charge in [-0.3, -0.25) is 24.0 Å². The number of aromatic nitrogens is 2. The molecule has 3 amide bonds. The van der Waals surface area contributed by atoms with Crippen molar-refractivity contribution < 1.29 is 14.4 Å². The van der Waals surface area contributed by atoms with Gasteiger partial charge < -0.3 is 5.32 Å². The van der Waals surface area contributed by atoms with E-state index in [-0.39, 0.29) is 17.4 Å². The van der Waals surface area contributed by atoms with E-state index in [2.05, 4.69) is 34.7 Å². The summed E-state index contributed by atoms with van der Waals surface area (Å²) in [5, 5.41) is 7.18. The fraction of sp³-hybridized carbons (Fsp3) is 0.111. The van der Waals surface area contributed by atoms with Crippen LogP contribution in [0.5, 0.6) is 0 Å². The fourth-order valence-corrected chi connectivity index (χ4v) is 4.11. The van der Waals surface area contributed by atoms with Gasteiger partial charge >= 0.3 is 0 Å². The zero-order valence-corrected chi connectivity index (χ0v) is 18.6. The summed E-state index contributed by atoms with van der Waals surface area (Å²) in [7, 11) is 1.44. The summed E-state index contributed by atoms with van der Waals surface area (Å²) < 4.78 is 1.87. The lowest BCUT2D eigenvalue weighted by Gasteiger charge is -2.12. The van der Waals surface area contributed by atoms with E-state index < -0.39 is 5.91 Å².